The SMILES string of the molecule is COC(=O)Cc1cccc(Cn2c(Br)nc3c(N)nc(OCc4cccnc4)nc32)c1. The number of fused-ring (bicyclic) bond motifs is 1. The molecule has 31 heavy (non-hydrogen) atoms. The molecule has 4 rings (SSSR count). The van der Waals surface area contributed by atoms with Gasteiger partial charge < -0.3 is 15.2 Å². The Kier molecular flexibility index (Phi) is 6.08. The van der Waals surface area contributed by atoms with Crippen molar-refractivity contribution >= 4 is 38.9 Å². The molecule has 158 valence electrons. The van der Waals surface area contributed by atoms with Crippen LogP contribution >= 0.6 is 15.9 Å². The number of halogens is 1. The number of imidazole rings is 1. The molecule has 0 spiro atoms. The lowest BCUT2D eigenvalue weighted by atomic mass is 10.1. The monoisotopic (exact) mass is 482 g/mol. The van der Waals surface area contributed by atoms with Gasteiger partial charge in [-0.05, 0) is 33.1 Å². The number of pyridine rings is 1. The van der Waals surface area contributed by atoms with Crippen molar-refractivity contribution in [3.05, 3.63) is 70.2 Å². The minimum absolute atomic E-state index is 0.155. The molecule has 0 radical (unpaired) electrons. The van der Waals surface area contributed by atoms with Gasteiger partial charge in [0, 0.05) is 18.0 Å². The molecule has 4 aromatic rings. The first kappa shape index (κ1) is 20.7. The fourth-order valence-electron chi connectivity index (χ4n) is 3.07. The number of hydrogen-bond donors (Lipinski definition) is 1. The van der Waals surface area contributed by atoms with E-state index in [4.69, 9.17) is 15.2 Å². The molecule has 0 atom stereocenters. The van der Waals surface area contributed by atoms with Crippen LogP contribution in [0.4, 0.5) is 5.82 Å². The number of carbonyl (C=O) groups excluding carboxylic acids is 1. The highest BCUT2D eigenvalue weighted by molar-refractivity contribution is 9.10. The van der Waals surface area contributed by atoms with Crippen LogP contribution in [-0.4, -0.2) is 37.6 Å². The van der Waals surface area contributed by atoms with Crippen LogP contribution in [-0.2, 0) is 29.1 Å². The third-order valence-corrected chi connectivity index (χ3v) is 5.16. The number of hydrogen-bond acceptors (Lipinski definition) is 8. The highest BCUT2D eigenvalue weighted by Gasteiger charge is 2.17. The van der Waals surface area contributed by atoms with Crippen LogP contribution in [0.2, 0.25) is 0 Å². The van der Waals surface area contributed by atoms with E-state index in [0.29, 0.717) is 22.4 Å². The standard InChI is InChI=1S/C21H19BrN6O3/c1-30-16(29)9-13-4-2-5-14(8-13)11-28-19-17(25-20(28)22)18(23)26-21(27-19)31-12-15-6-3-7-24-10-15/h2-8,10H,9,11-12H2,1H3,(H2,23,26,27). The predicted octanol–water partition coefficient (Wildman–Crippen LogP) is 2.91. The van der Waals surface area contributed by atoms with Crippen molar-refractivity contribution in [2.75, 3.05) is 12.8 Å². The average molecular weight is 483 g/mol. The highest BCUT2D eigenvalue weighted by atomic mass is 79.9. The molecule has 0 aliphatic rings. The number of nitrogens with zero attached hydrogens (tertiary/aromatic N) is 5. The zero-order valence-electron chi connectivity index (χ0n) is 16.7. The third-order valence-electron chi connectivity index (χ3n) is 4.55. The van der Waals surface area contributed by atoms with Gasteiger partial charge in [-0.3, -0.25) is 14.3 Å². The van der Waals surface area contributed by atoms with E-state index in [2.05, 4.69) is 35.9 Å². The van der Waals surface area contributed by atoms with Gasteiger partial charge in [0.25, 0.3) is 0 Å². The van der Waals surface area contributed by atoms with Crippen molar-refractivity contribution in [2.24, 2.45) is 0 Å². The summed E-state index contributed by atoms with van der Waals surface area (Å²) in [7, 11) is 1.37. The van der Waals surface area contributed by atoms with Gasteiger partial charge in [-0.25, -0.2) is 4.98 Å². The van der Waals surface area contributed by atoms with E-state index in [1.807, 2.05) is 41.0 Å². The molecule has 9 nitrogen and oxygen atoms in total. The maximum Gasteiger partial charge on any atom is 0.320 e. The summed E-state index contributed by atoms with van der Waals surface area (Å²) in [5, 5.41) is 0. The number of nitrogen functional groups attached to an aromatic ring is 1. The molecular weight excluding hydrogens is 464 g/mol. The van der Waals surface area contributed by atoms with Crippen molar-refractivity contribution in [1.29, 1.82) is 0 Å². The number of carbonyl (C=O) groups is 1. The predicted molar refractivity (Wildman–Crippen MR) is 117 cm³/mol. The molecule has 0 saturated heterocycles. The number of ether oxygens (including phenoxy) is 2. The summed E-state index contributed by atoms with van der Waals surface area (Å²) in [6.07, 6.45) is 3.61. The number of benzene rings is 1. The summed E-state index contributed by atoms with van der Waals surface area (Å²) in [6, 6.07) is 11.6. The zero-order valence-corrected chi connectivity index (χ0v) is 18.2. The first-order chi connectivity index (χ1) is 15.0. The van der Waals surface area contributed by atoms with Gasteiger partial charge in [0.05, 0.1) is 20.1 Å². The fraction of sp³-hybridized carbons (Fsp3) is 0.190. The summed E-state index contributed by atoms with van der Waals surface area (Å²) >= 11 is 3.48. The number of nitrogens with two attached hydrogens (primary N) is 1. The van der Waals surface area contributed by atoms with Gasteiger partial charge in [0.1, 0.15) is 6.61 Å². The first-order valence-electron chi connectivity index (χ1n) is 9.39. The number of anilines is 1. The average Bonchev–Trinajstić information content (AvgIpc) is 3.09. The molecule has 1 aromatic carbocycles. The number of esters is 1. The second-order valence-electron chi connectivity index (χ2n) is 6.75. The number of methoxy groups -OCH3 is 1. The lowest BCUT2D eigenvalue weighted by Gasteiger charge is -2.09. The topological polar surface area (TPSA) is 118 Å². The van der Waals surface area contributed by atoms with Crippen LogP contribution in [0.15, 0.2) is 53.5 Å². The summed E-state index contributed by atoms with van der Waals surface area (Å²) in [5.41, 5.74) is 9.84. The molecule has 0 unspecified atom stereocenters. The lowest BCUT2D eigenvalue weighted by Crippen LogP contribution is -2.07. The van der Waals surface area contributed by atoms with E-state index in [0.717, 1.165) is 16.7 Å². The van der Waals surface area contributed by atoms with E-state index in [9.17, 15) is 4.79 Å². The van der Waals surface area contributed by atoms with Crippen molar-refractivity contribution in [1.82, 2.24) is 24.5 Å². The Morgan fingerprint density at radius 2 is 1.94 bits per heavy atom. The Morgan fingerprint density at radius 3 is 2.71 bits per heavy atom. The van der Waals surface area contributed by atoms with Crippen LogP contribution in [0.1, 0.15) is 16.7 Å². The zero-order chi connectivity index (χ0) is 21.8. The van der Waals surface area contributed by atoms with Crippen LogP contribution in [0.25, 0.3) is 11.2 Å². The van der Waals surface area contributed by atoms with Crippen LogP contribution in [0.3, 0.4) is 0 Å². The van der Waals surface area contributed by atoms with Gasteiger partial charge in [-0.15, -0.1) is 0 Å². The molecule has 3 heterocycles. The van der Waals surface area contributed by atoms with Crippen molar-refractivity contribution < 1.29 is 14.3 Å². The minimum Gasteiger partial charge on any atom is -0.469 e. The lowest BCUT2D eigenvalue weighted by molar-refractivity contribution is -0.139. The summed E-state index contributed by atoms with van der Waals surface area (Å²) in [6.45, 7) is 0.730. The maximum atomic E-state index is 11.6. The van der Waals surface area contributed by atoms with Crippen LogP contribution < -0.4 is 10.5 Å². The van der Waals surface area contributed by atoms with Crippen molar-refractivity contribution in [2.45, 2.75) is 19.6 Å². The first-order valence-corrected chi connectivity index (χ1v) is 10.2. The third kappa shape index (κ3) is 4.80. The highest BCUT2D eigenvalue weighted by Crippen LogP contribution is 2.26. The molecule has 0 aliphatic heterocycles. The minimum atomic E-state index is -0.290. The van der Waals surface area contributed by atoms with E-state index in [1.54, 1.807) is 12.4 Å². The van der Waals surface area contributed by atoms with Gasteiger partial charge in [0.15, 0.2) is 21.7 Å². The van der Waals surface area contributed by atoms with Crippen LogP contribution in [0.5, 0.6) is 6.01 Å². The van der Waals surface area contributed by atoms with E-state index < -0.39 is 0 Å². The van der Waals surface area contributed by atoms with Gasteiger partial charge in [-0.2, -0.15) is 9.97 Å². The molecule has 0 bridgehead atoms. The Hall–Kier alpha value is -3.53. The number of aromatic nitrogens is 5. The summed E-state index contributed by atoms with van der Waals surface area (Å²) in [5.74, 6) is -0.0626. The van der Waals surface area contributed by atoms with E-state index in [1.165, 1.54) is 7.11 Å². The Morgan fingerprint density at radius 1 is 1.13 bits per heavy atom. The van der Waals surface area contributed by atoms with Crippen molar-refractivity contribution in [3.63, 3.8) is 0 Å². The molecule has 2 N–H and O–H groups in total. The smallest absolute Gasteiger partial charge is 0.320 e. The Labute approximate surface area is 186 Å². The Balaban J connectivity index is 1.62. The molecule has 0 saturated carbocycles. The van der Waals surface area contributed by atoms with Gasteiger partial charge in [0.2, 0.25) is 0 Å². The normalized spacial score (nSPS) is 10.9. The molecule has 0 aliphatic carbocycles. The fourth-order valence-corrected chi connectivity index (χ4v) is 3.54. The Bertz CT molecular complexity index is 1230. The largest absolute Gasteiger partial charge is 0.469 e. The quantitative estimate of drug-likeness (QED) is 0.315. The van der Waals surface area contributed by atoms with E-state index >= 15 is 0 Å². The number of rotatable bonds is 7. The molecule has 3 aromatic heterocycles. The molecule has 10 heteroatoms. The van der Waals surface area contributed by atoms with Gasteiger partial charge >= 0.3 is 12.0 Å². The summed E-state index contributed by atoms with van der Waals surface area (Å²) < 4.78 is 12.9. The van der Waals surface area contributed by atoms with E-state index in [-0.39, 0.29) is 30.8 Å². The second kappa shape index (κ2) is 9.09. The summed E-state index contributed by atoms with van der Waals surface area (Å²) in [4.78, 5) is 28.8. The molecule has 0 fully saturated rings. The maximum absolute atomic E-state index is 11.6. The molecule has 0 amide bonds. The molecular formula is C21H19BrN6O3. The van der Waals surface area contributed by atoms with Crippen LogP contribution in [0, 0.1) is 0 Å². The van der Waals surface area contributed by atoms with Gasteiger partial charge in [-0.1, -0.05) is 30.3 Å². The van der Waals surface area contributed by atoms with Crippen molar-refractivity contribution in [3.8, 4) is 6.01 Å². The second-order valence-corrected chi connectivity index (χ2v) is 7.46.